The fourth-order valence-corrected chi connectivity index (χ4v) is 7.10. The summed E-state index contributed by atoms with van der Waals surface area (Å²) in [5.41, 5.74) is -0.377. The Hall–Kier alpha value is -2.16. The molecule has 0 aromatic heterocycles. The highest BCUT2D eigenvalue weighted by atomic mass is 16.6. The number of esters is 3. The number of unbranched alkanes of at least 4 members (excludes halogenated alkanes) is 30. The Kier molecular flexibility index (Phi) is 40.4. The van der Waals surface area contributed by atoms with Crippen molar-refractivity contribution >= 4 is 23.9 Å². The maximum atomic E-state index is 12.0. The molecule has 0 amide bonds. The van der Waals surface area contributed by atoms with E-state index in [1.807, 2.05) is 20.8 Å². The molecule has 0 aliphatic heterocycles. The first-order chi connectivity index (χ1) is 27.6. The molecular formula is C48H90O9. The Morgan fingerprint density at radius 1 is 0.333 bits per heavy atom. The highest BCUT2D eigenvalue weighted by Crippen LogP contribution is 2.17. The van der Waals surface area contributed by atoms with E-state index < -0.39 is 5.97 Å². The summed E-state index contributed by atoms with van der Waals surface area (Å²) in [5.74, 6) is -1.08. The van der Waals surface area contributed by atoms with Gasteiger partial charge in [0.1, 0.15) is 18.8 Å². The number of carbonyl (C=O) groups excluding carboxylic acids is 3. The molecule has 0 saturated heterocycles. The zero-order valence-corrected chi connectivity index (χ0v) is 37.5. The third-order valence-electron chi connectivity index (χ3n) is 10.4. The zero-order valence-electron chi connectivity index (χ0n) is 37.5. The topological polar surface area (TPSA) is 125 Å². The Morgan fingerprint density at radius 2 is 0.561 bits per heavy atom. The van der Waals surface area contributed by atoms with Gasteiger partial charge < -0.3 is 24.1 Å². The summed E-state index contributed by atoms with van der Waals surface area (Å²) in [5, 5.41) is 8.65. The van der Waals surface area contributed by atoms with Crippen molar-refractivity contribution in [3.63, 3.8) is 0 Å². The summed E-state index contributed by atoms with van der Waals surface area (Å²) in [7, 11) is 0. The zero-order chi connectivity index (χ0) is 41.9. The van der Waals surface area contributed by atoms with Crippen LogP contribution in [0.25, 0.3) is 0 Å². The maximum absolute atomic E-state index is 12.0. The first kappa shape index (κ1) is 54.8. The fourth-order valence-electron chi connectivity index (χ4n) is 7.10. The summed E-state index contributed by atoms with van der Waals surface area (Å²) in [6.45, 7) is 6.87. The minimum Gasteiger partial charge on any atom is -0.481 e. The van der Waals surface area contributed by atoms with Gasteiger partial charge in [-0.2, -0.15) is 0 Å². The van der Waals surface area contributed by atoms with E-state index in [4.69, 9.17) is 24.1 Å². The van der Waals surface area contributed by atoms with Crippen molar-refractivity contribution in [3.05, 3.63) is 0 Å². The number of ether oxygens (including phenoxy) is 4. The number of carboxylic acid groups (broad SMARTS) is 1. The molecule has 0 bridgehead atoms. The third kappa shape index (κ3) is 48.1. The van der Waals surface area contributed by atoms with Crippen LogP contribution in [0.3, 0.4) is 0 Å². The van der Waals surface area contributed by atoms with E-state index in [-0.39, 0.29) is 36.7 Å². The van der Waals surface area contributed by atoms with Gasteiger partial charge in [-0.05, 0) is 46.5 Å². The van der Waals surface area contributed by atoms with Gasteiger partial charge in [0.05, 0.1) is 13.2 Å². The van der Waals surface area contributed by atoms with Crippen LogP contribution in [-0.2, 0) is 38.1 Å². The Labute approximate surface area is 350 Å². The predicted molar refractivity (Wildman–Crippen MR) is 232 cm³/mol. The molecule has 0 rings (SSSR count). The SMILES string of the molecule is CC(C)(C)OC(=O)CCCCCCCCCCCCCCCCCCC(=O)OCCOCCOC(=O)CCCCCCCCCCCCCCCCCCC(=O)O. The van der Waals surface area contributed by atoms with Crippen molar-refractivity contribution in [2.24, 2.45) is 0 Å². The van der Waals surface area contributed by atoms with E-state index in [9.17, 15) is 19.2 Å². The molecule has 0 spiro atoms. The number of hydrogen-bond acceptors (Lipinski definition) is 8. The molecule has 0 aliphatic carbocycles. The highest BCUT2D eigenvalue weighted by molar-refractivity contribution is 5.70. The summed E-state index contributed by atoms with van der Waals surface area (Å²) in [6.07, 6.45) is 40.3. The van der Waals surface area contributed by atoms with Crippen LogP contribution < -0.4 is 0 Å². The molecule has 0 saturated carbocycles. The van der Waals surface area contributed by atoms with Crippen LogP contribution in [0.1, 0.15) is 252 Å². The van der Waals surface area contributed by atoms with Gasteiger partial charge in [0.25, 0.3) is 0 Å². The molecule has 1 N–H and O–H groups in total. The van der Waals surface area contributed by atoms with Crippen LogP contribution in [0, 0.1) is 0 Å². The summed E-state index contributed by atoms with van der Waals surface area (Å²) in [4.78, 5) is 46.2. The van der Waals surface area contributed by atoms with Gasteiger partial charge in [-0.25, -0.2) is 0 Å². The number of aliphatic carboxylic acids is 1. The minimum atomic E-state index is -0.679. The second-order valence-corrected chi connectivity index (χ2v) is 17.3. The lowest BCUT2D eigenvalue weighted by atomic mass is 10.0. The minimum absolute atomic E-state index is 0.0713. The number of carbonyl (C=O) groups is 4. The second-order valence-electron chi connectivity index (χ2n) is 17.3. The van der Waals surface area contributed by atoms with Crippen LogP contribution >= 0.6 is 0 Å². The van der Waals surface area contributed by atoms with Gasteiger partial charge in [0.2, 0.25) is 0 Å². The van der Waals surface area contributed by atoms with E-state index in [1.54, 1.807) is 0 Å². The lowest BCUT2D eigenvalue weighted by Crippen LogP contribution is -2.23. The van der Waals surface area contributed by atoms with Crippen molar-refractivity contribution in [3.8, 4) is 0 Å². The monoisotopic (exact) mass is 811 g/mol. The number of rotatable bonds is 44. The molecule has 0 radical (unpaired) electrons. The Bertz CT molecular complexity index is 929. The molecule has 57 heavy (non-hydrogen) atoms. The van der Waals surface area contributed by atoms with Crippen LogP contribution in [0.4, 0.5) is 0 Å². The van der Waals surface area contributed by atoms with Gasteiger partial charge in [0, 0.05) is 25.7 Å². The number of hydrogen-bond donors (Lipinski definition) is 1. The first-order valence-electron chi connectivity index (χ1n) is 23.9. The predicted octanol–water partition coefficient (Wildman–Crippen LogP) is 13.6. The van der Waals surface area contributed by atoms with Crippen molar-refractivity contribution < 1.29 is 43.2 Å². The summed E-state index contributed by atoms with van der Waals surface area (Å²) >= 11 is 0. The van der Waals surface area contributed by atoms with Gasteiger partial charge >= 0.3 is 23.9 Å². The third-order valence-corrected chi connectivity index (χ3v) is 10.4. The molecule has 0 aliphatic rings. The quantitative estimate of drug-likeness (QED) is 0.0363. The van der Waals surface area contributed by atoms with Gasteiger partial charge in [-0.15, -0.1) is 0 Å². The van der Waals surface area contributed by atoms with Crippen molar-refractivity contribution in [2.45, 2.75) is 258 Å². The standard InChI is InChI=1S/C48H90O9/c1-48(2,3)57-47(53)39-35-31-27-23-19-15-11-7-6-10-14-18-22-26-30-34-38-46(52)56-43-41-54-40-42-55-45(51)37-33-29-25-21-17-13-9-5-4-8-12-16-20-24-28-32-36-44(49)50/h4-43H2,1-3H3,(H,49,50). The molecule has 0 aromatic rings. The molecular weight excluding hydrogens is 721 g/mol. The Morgan fingerprint density at radius 3 is 0.807 bits per heavy atom. The van der Waals surface area contributed by atoms with Crippen molar-refractivity contribution in [1.82, 2.24) is 0 Å². The average Bonchev–Trinajstić information content (AvgIpc) is 3.15. The van der Waals surface area contributed by atoms with Crippen molar-refractivity contribution in [1.29, 1.82) is 0 Å². The molecule has 0 unspecified atom stereocenters. The molecule has 9 heteroatoms. The highest BCUT2D eigenvalue weighted by Gasteiger charge is 2.15. The van der Waals surface area contributed by atoms with Crippen LogP contribution in [0.5, 0.6) is 0 Å². The normalized spacial score (nSPS) is 11.5. The maximum Gasteiger partial charge on any atom is 0.306 e. The molecule has 0 heterocycles. The van der Waals surface area contributed by atoms with E-state index in [0.717, 1.165) is 51.4 Å². The van der Waals surface area contributed by atoms with E-state index in [1.165, 1.54) is 154 Å². The Balaban J connectivity index is 3.27. The average molecular weight is 811 g/mol. The van der Waals surface area contributed by atoms with Crippen LogP contribution in [0.2, 0.25) is 0 Å². The van der Waals surface area contributed by atoms with Crippen LogP contribution in [0.15, 0.2) is 0 Å². The fraction of sp³-hybridized carbons (Fsp3) is 0.917. The van der Waals surface area contributed by atoms with Crippen LogP contribution in [-0.4, -0.2) is 61.0 Å². The first-order valence-corrected chi connectivity index (χ1v) is 23.9. The van der Waals surface area contributed by atoms with Gasteiger partial charge in [-0.1, -0.05) is 180 Å². The van der Waals surface area contributed by atoms with Crippen molar-refractivity contribution in [2.75, 3.05) is 26.4 Å². The largest absolute Gasteiger partial charge is 0.481 e. The smallest absolute Gasteiger partial charge is 0.306 e. The molecule has 9 nitrogen and oxygen atoms in total. The number of carboxylic acids is 1. The molecule has 0 fully saturated rings. The lowest BCUT2D eigenvalue weighted by Gasteiger charge is -2.19. The second kappa shape index (κ2) is 42.0. The molecule has 0 atom stereocenters. The molecule has 336 valence electrons. The summed E-state index contributed by atoms with van der Waals surface area (Å²) in [6, 6.07) is 0. The summed E-state index contributed by atoms with van der Waals surface area (Å²) < 4.78 is 21.3. The van der Waals surface area contributed by atoms with E-state index in [0.29, 0.717) is 38.9 Å². The molecule has 0 aromatic carbocycles. The lowest BCUT2D eigenvalue weighted by molar-refractivity contribution is -0.155. The van der Waals surface area contributed by atoms with E-state index >= 15 is 0 Å². The van der Waals surface area contributed by atoms with Gasteiger partial charge in [0.15, 0.2) is 0 Å². The van der Waals surface area contributed by atoms with E-state index in [2.05, 4.69) is 0 Å². The van der Waals surface area contributed by atoms with Gasteiger partial charge in [-0.3, -0.25) is 19.2 Å².